The molecule has 0 aliphatic carbocycles. The zero-order chi connectivity index (χ0) is 26.1. The highest BCUT2D eigenvalue weighted by Crippen LogP contribution is 2.36. The lowest BCUT2D eigenvalue weighted by Gasteiger charge is -2.21. The zero-order valence-corrected chi connectivity index (χ0v) is 20.6. The van der Waals surface area contributed by atoms with Crippen LogP contribution in [0.5, 0.6) is 11.5 Å². The van der Waals surface area contributed by atoms with Crippen molar-refractivity contribution in [1.82, 2.24) is 19.7 Å². The molecule has 2 aliphatic rings. The van der Waals surface area contributed by atoms with Crippen LogP contribution in [0.25, 0.3) is 5.70 Å². The maximum absolute atomic E-state index is 12.7. The first-order valence-corrected chi connectivity index (χ1v) is 11.4. The van der Waals surface area contributed by atoms with E-state index in [0.29, 0.717) is 53.3 Å². The number of ether oxygens (including phenoxy) is 2. The Kier molecular flexibility index (Phi) is 6.15. The second-order valence-corrected chi connectivity index (χ2v) is 8.30. The van der Waals surface area contributed by atoms with E-state index in [-0.39, 0.29) is 17.8 Å². The Hall–Kier alpha value is -4.98. The van der Waals surface area contributed by atoms with Gasteiger partial charge in [0, 0.05) is 24.8 Å². The number of aryl methyl sites for hydroxylation is 1. The first-order chi connectivity index (χ1) is 17.9. The molecule has 188 valence electrons. The molecule has 0 bridgehead atoms. The number of fused-ring (bicyclic) bond motifs is 1. The molecule has 0 fully saturated rings. The number of hydrogen-bond acceptors (Lipinski definition) is 9. The highest BCUT2D eigenvalue weighted by Gasteiger charge is 2.34. The van der Waals surface area contributed by atoms with Crippen LogP contribution in [0.2, 0.25) is 0 Å². The van der Waals surface area contributed by atoms with E-state index in [0.717, 1.165) is 11.4 Å². The van der Waals surface area contributed by atoms with Crippen molar-refractivity contribution in [2.24, 2.45) is 10.7 Å². The Morgan fingerprint density at radius 1 is 1.24 bits per heavy atom. The van der Waals surface area contributed by atoms with Gasteiger partial charge < -0.3 is 34.4 Å². The highest BCUT2D eigenvalue weighted by atomic mass is 16.5. The van der Waals surface area contributed by atoms with E-state index < -0.39 is 0 Å². The summed E-state index contributed by atoms with van der Waals surface area (Å²) in [6, 6.07) is 5.17. The molecular formula is C26H25N7O4. The second-order valence-electron chi connectivity index (χ2n) is 8.30. The van der Waals surface area contributed by atoms with Crippen molar-refractivity contribution in [2.45, 2.75) is 13.0 Å². The molecule has 4 heterocycles. The summed E-state index contributed by atoms with van der Waals surface area (Å²) >= 11 is 0. The van der Waals surface area contributed by atoms with Crippen molar-refractivity contribution in [2.75, 3.05) is 32.7 Å². The molecule has 11 heteroatoms. The smallest absolute Gasteiger partial charge is 0.264 e. The largest absolute Gasteiger partial charge is 0.497 e. The second kappa shape index (κ2) is 9.58. The number of anilines is 1. The van der Waals surface area contributed by atoms with Gasteiger partial charge in [-0.2, -0.15) is 0 Å². The lowest BCUT2D eigenvalue weighted by atomic mass is 10.1. The summed E-state index contributed by atoms with van der Waals surface area (Å²) in [5.41, 5.74) is 8.92. The molecular weight excluding hydrogens is 474 g/mol. The van der Waals surface area contributed by atoms with Crippen LogP contribution in [0.15, 0.2) is 52.5 Å². The van der Waals surface area contributed by atoms with Crippen molar-refractivity contribution in [3.63, 3.8) is 0 Å². The minimum absolute atomic E-state index is 0.259. The molecule has 5 rings (SSSR count). The molecule has 1 amide bonds. The van der Waals surface area contributed by atoms with Gasteiger partial charge in [-0.25, -0.2) is 4.99 Å². The summed E-state index contributed by atoms with van der Waals surface area (Å²) in [6.45, 7) is 5.98. The van der Waals surface area contributed by atoms with Crippen LogP contribution in [0.4, 0.5) is 5.82 Å². The van der Waals surface area contributed by atoms with Gasteiger partial charge in [0.25, 0.3) is 11.8 Å². The number of aromatic nitrogens is 3. The van der Waals surface area contributed by atoms with Crippen molar-refractivity contribution in [3.05, 3.63) is 71.6 Å². The standard InChI is InChI=1S/C26H25N7O4/c1-5-22(34)33-13-18(10-21(33)26-31-30-15(2)37-26)32-12-17(23-24(27)28-14-29-25(23)32)7-6-16-8-19(35-3)11-20(9-16)36-4/h5,8-12,18,29H,1,13-14H2,2-4H3,(H2,27,28)/t18-/m0/s1. The molecule has 2 aliphatic heterocycles. The highest BCUT2D eigenvalue weighted by molar-refractivity contribution is 6.05. The predicted molar refractivity (Wildman–Crippen MR) is 137 cm³/mol. The number of carbonyl (C=O) groups is 1. The van der Waals surface area contributed by atoms with Gasteiger partial charge in [-0.05, 0) is 24.3 Å². The van der Waals surface area contributed by atoms with Gasteiger partial charge in [-0.3, -0.25) is 4.79 Å². The van der Waals surface area contributed by atoms with Crippen LogP contribution in [-0.4, -0.2) is 58.8 Å². The van der Waals surface area contributed by atoms with Crippen LogP contribution in [-0.2, 0) is 4.79 Å². The van der Waals surface area contributed by atoms with Crippen LogP contribution in [0.1, 0.15) is 34.5 Å². The molecule has 0 radical (unpaired) electrons. The maximum atomic E-state index is 12.7. The summed E-state index contributed by atoms with van der Waals surface area (Å²) in [6.07, 6.45) is 5.06. The number of benzene rings is 1. The fourth-order valence-electron chi connectivity index (χ4n) is 4.30. The van der Waals surface area contributed by atoms with E-state index in [1.807, 2.05) is 29.0 Å². The lowest BCUT2D eigenvalue weighted by Crippen LogP contribution is -2.29. The number of amides is 1. The molecule has 0 spiro atoms. The molecule has 0 saturated carbocycles. The van der Waals surface area contributed by atoms with Crippen LogP contribution in [0, 0.1) is 18.8 Å². The van der Waals surface area contributed by atoms with Crippen molar-refractivity contribution in [3.8, 4) is 23.3 Å². The molecule has 3 N–H and O–H groups in total. The Bertz CT molecular complexity index is 1500. The molecule has 1 aromatic carbocycles. The average Bonchev–Trinajstić information content (AvgIpc) is 3.63. The maximum Gasteiger partial charge on any atom is 0.264 e. The van der Waals surface area contributed by atoms with Crippen molar-refractivity contribution in [1.29, 1.82) is 0 Å². The van der Waals surface area contributed by atoms with E-state index in [2.05, 4.69) is 38.9 Å². The first kappa shape index (κ1) is 23.7. The first-order valence-electron chi connectivity index (χ1n) is 11.4. The number of rotatable bonds is 5. The van der Waals surface area contributed by atoms with E-state index in [9.17, 15) is 4.79 Å². The third-order valence-corrected chi connectivity index (χ3v) is 6.03. The third-order valence-electron chi connectivity index (χ3n) is 6.03. The Balaban J connectivity index is 1.58. The predicted octanol–water partition coefficient (Wildman–Crippen LogP) is 2.30. The molecule has 3 aromatic rings. The van der Waals surface area contributed by atoms with Gasteiger partial charge in [0.2, 0.25) is 5.89 Å². The van der Waals surface area contributed by atoms with E-state index in [1.165, 1.54) is 6.08 Å². The normalized spacial score (nSPS) is 16.1. The minimum atomic E-state index is -0.272. The fourth-order valence-corrected chi connectivity index (χ4v) is 4.30. The number of aliphatic imine (C=N–C) groups is 1. The van der Waals surface area contributed by atoms with Gasteiger partial charge in [0.1, 0.15) is 35.5 Å². The van der Waals surface area contributed by atoms with E-state index in [4.69, 9.17) is 19.6 Å². The number of nitrogens with zero attached hydrogens (tertiary/aromatic N) is 5. The van der Waals surface area contributed by atoms with Crippen molar-refractivity contribution < 1.29 is 18.7 Å². The zero-order valence-electron chi connectivity index (χ0n) is 20.6. The van der Waals surface area contributed by atoms with E-state index >= 15 is 0 Å². The molecule has 11 nitrogen and oxygen atoms in total. The van der Waals surface area contributed by atoms with Gasteiger partial charge in [-0.15, -0.1) is 10.2 Å². The summed E-state index contributed by atoms with van der Waals surface area (Å²) < 4.78 is 18.3. The fraction of sp³-hybridized carbons (Fsp3) is 0.231. The molecule has 1 atom stereocenters. The molecule has 2 aromatic heterocycles. The lowest BCUT2D eigenvalue weighted by molar-refractivity contribution is -0.122. The van der Waals surface area contributed by atoms with Gasteiger partial charge in [0.15, 0.2) is 0 Å². The van der Waals surface area contributed by atoms with E-state index in [1.54, 1.807) is 32.1 Å². The van der Waals surface area contributed by atoms with Crippen LogP contribution < -0.4 is 20.5 Å². The molecule has 0 unspecified atom stereocenters. The van der Waals surface area contributed by atoms with Gasteiger partial charge in [0.05, 0.1) is 37.9 Å². The SMILES string of the molecule is C=CC(=O)N1C[C@@H](n2cc(C#Cc3cc(OC)cc(OC)c3)c3c2NCN=C3N)C=C1c1nnc(C)o1. The number of amidine groups is 1. The minimum Gasteiger partial charge on any atom is -0.497 e. The monoisotopic (exact) mass is 499 g/mol. The Morgan fingerprint density at radius 2 is 2.00 bits per heavy atom. The summed E-state index contributed by atoms with van der Waals surface area (Å²) in [5.74, 6) is 9.20. The topological polar surface area (TPSA) is 133 Å². The van der Waals surface area contributed by atoms with Crippen LogP contribution in [0.3, 0.4) is 0 Å². The average molecular weight is 500 g/mol. The summed E-state index contributed by atoms with van der Waals surface area (Å²) in [7, 11) is 3.18. The van der Waals surface area contributed by atoms with Gasteiger partial charge >= 0.3 is 0 Å². The number of carbonyl (C=O) groups excluding carboxylic acids is 1. The molecule has 0 saturated heterocycles. The number of hydrogen-bond donors (Lipinski definition) is 2. The van der Waals surface area contributed by atoms with Crippen molar-refractivity contribution >= 4 is 23.3 Å². The Labute approximate surface area is 213 Å². The van der Waals surface area contributed by atoms with Crippen LogP contribution >= 0.6 is 0 Å². The quantitative estimate of drug-likeness (QED) is 0.404. The summed E-state index contributed by atoms with van der Waals surface area (Å²) in [4.78, 5) is 18.6. The van der Waals surface area contributed by atoms with Gasteiger partial charge in [-0.1, -0.05) is 18.4 Å². The third kappa shape index (κ3) is 4.40. The number of methoxy groups -OCH3 is 2. The Morgan fingerprint density at radius 3 is 2.65 bits per heavy atom. The summed E-state index contributed by atoms with van der Waals surface area (Å²) in [5, 5.41) is 11.3. The number of nitrogens with two attached hydrogens (primary N) is 1. The molecule has 37 heavy (non-hydrogen) atoms. The number of nitrogens with one attached hydrogen (secondary N) is 1.